The fourth-order valence-corrected chi connectivity index (χ4v) is 1.19. The van der Waals surface area contributed by atoms with E-state index in [-0.39, 0.29) is 0 Å². The summed E-state index contributed by atoms with van der Waals surface area (Å²) in [7, 11) is 0. The third-order valence-corrected chi connectivity index (χ3v) is 1.80. The lowest BCUT2D eigenvalue weighted by molar-refractivity contribution is 0.487. The van der Waals surface area contributed by atoms with Crippen LogP contribution in [-0.2, 0) is 0 Å². The van der Waals surface area contributed by atoms with Crippen LogP contribution in [0.1, 0.15) is 24.4 Å². The number of aromatic nitrogens is 2. The van der Waals surface area contributed by atoms with E-state index < -0.39 is 0 Å². The zero-order valence-electron chi connectivity index (χ0n) is 7.33. The maximum atomic E-state index is 5.52. The lowest BCUT2D eigenvalue weighted by atomic mass is 10.3. The van der Waals surface area contributed by atoms with Gasteiger partial charge in [0.15, 0.2) is 0 Å². The Morgan fingerprint density at radius 3 is 2.64 bits per heavy atom. The fourth-order valence-electron chi connectivity index (χ4n) is 1.19. The first-order valence-electron chi connectivity index (χ1n) is 3.88. The Kier molecular flexibility index (Phi) is 2.29. The van der Waals surface area contributed by atoms with Crippen LogP contribution in [0.25, 0.3) is 0 Å². The number of rotatable bonds is 2. The highest BCUT2D eigenvalue weighted by Crippen LogP contribution is 2.08. The highest BCUT2D eigenvalue weighted by molar-refractivity contribution is 5.07. The van der Waals surface area contributed by atoms with Gasteiger partial charge in [-0.05, 0) is 26.8 Å². The molecule has 0 aromatic carbocycles. The van der Waals surface area contributed by atoms with Crippen molar-refractivity contribution in [1.29, 1.82) is 0 Å². The van der Waals surface area contributed by atoms with Gasteiger partial charge in [0, 0.05) is 12.2 Å². The summed E-state index contributed by atoms with van der Waals surface area (Å²) in [6.45, 7) is 6.75. The first kappa shape index (κ1) is 8.27. The molecule has 0 bridgehead atoms. The molecule has 0 aliphatic rings. The number of nitrogens with two attached hydrogens (primary N) is 1. The molecule has 0 radical (unpaired) electrons. The van der Waals surface area contributed by atoms with Gasteiger partial charge in [-0.1, -0.05) is 0 Å². The Bertz CT molecular complexity index is 239. The monoisotopic (exact) mass is 153 g/mol. The standard InChI is InChI=1S/C8H15N3/c1-6-4-7(2)11(10-6)8(3)5-9/h4,8H,5,9H2,1-3H3/t8-/m1/s1. The molecule has 1 rings (SSSR count). The van der Waals surface area contributed by atoms with Crippen molar-refractivity contribution in [3.05, 3.63) is 17.5 Å². The molecule has 62 valence electrons. The van der Waals surface area contributed by atoms with Gasteiger partial charge in [0.1, 0.15) is 0 Å². The van der Waals surface area contributed by atoms with Crippen LogP contribution in [-0.4, -0.2) is 16.3 Å². The smallest absolute Gasteiger partial charge is 0.0616 e. The average molecular weight is 153 g/mol. The largest absolute Gasteiger partial charge is 0.328 e. The van der Waals surface area contributed by atoms with E-state index in [1.807, 2.05) is 18.5 Å². The van der Waals surface area contributed by atoms with Crippen LogP contribution < -0.4 is 5.73 Å². The first-order valence-corrected chi connectivity index (χ1v) is 3.88. The van der Waals surface area contributed by atoms with Crippen molar-refractivity contribution in [1.82, 2.24) is 9.78 Å². The lowest BCUT2D eigenvalue weighted by Gasteiger charge is -2.10. The molecule has 0 saturated carbocycles. The quantitative estimate of drug-likeness (QED) is 0.689. The topological polar surface area (TPSA) is 43.8 Å². The summed E-state index contributed by atoms with van der Waals surface area (Å²) in [5.41, 5.74) is 7.76. The summed E-state index contributed by atoms with van der Waals surface area (Å²) in [4.78, 5) is 0. The summed E-state index contributed by atoms with van der Waals surface area (Å²) in [5, 5.41) is 4.32. The van der Waals surface area contributed by atoms with Crippen LogP contribution in [0, 0.1) is 13.8 Å². The maximum Gasteiger partial charge on any atom is 0.0616 e. The molecule has 11 heavy (non-hydrogen) atoms. The van der Waals surface area contributed by atoms with Gasteiger partial charge in [-0.25, -0.2) is 0 Å². The molecule has 3 nitrogen and oxygen atoms in total. The summed E-state index contributed by atoms with van der Waals surface area (Å²) in [6, 6.07) is 2.37. The van der Waals surface area contributed by atoms with Gasteiger partial charge in [0.2, 0.25) is 0 Å². The van der Waals surface area contributed by atoms with Crippen LogP contribution in [0.5, 0.6) is 0 Å². The third-order valence-electron chi connectivity index (χ3n) is 1.80. The van der Waals surface area contributed by atoms with E-state index in [1.165, 1.54) is 5.69 Å². The Hall–Kier alpha value is -0.830. The first-order chi connectivity index (χ1) is 5.15. The van der Waals surface area contributed by atoms with Crippen LogP contribution in [0.3, 0.4) is 0 Å². The summed E-state index contributed by atoms with van der Waals surface area (Å²) in [6.07, 6.45) is 0. The molecular weight excluding hydrogens is 138 g/mol. The molecule has 1 aromatic rings. The molecule has 1 aromatic heterocycles. The zero-order valence-corrected chi connectivity index (χ0v) is 7.33. The summed E-state index contributed by atoms with van der Waals surface area (Å²) < 4.78 is 1.97. The number of aryl methyl sites for hydroxylation is 2. The van der Waals surface area contributed by atoms with Crippen molar-refractivity contribution in [2.75, 3.05) is 6.54 Å². The highest BCUT2D eigenvalue weighted by Gasteiger charge is 2.05. The van der Waals surface area contributed by atoms with Crippen molar-refractivity contribution in [3.63, 3.8) is 0 Å². The van der Waals surface area contributed by atoms with E-state index in [1.54, 1.807) is 0 Å². The molecule has 0 saturated heterocycles. The summed E-state index contributed by atoms with van der Waals surface area (Å²) >= 11 is 0. The minimum absolute atomic E-state index is 0.309. The average Bonchev–Trinajstić information content (AvgIpc) is 2.28. The van der Waals surface area contributed by atoms with Crippen LogP contribution >= 0.6 is 0 Å². The van der Waals surface area contributed by atoms with Crippen LogP contribution in [0.2, 0.25) is 0 Å². The van der Waals surface area contributed by atoms with Crippen molar-refractivity contribution < 1.29 is 0 Å². The van der Waals surface area contributed by atoms with Crippen molar-refractivity contribution in [2.24, 2.45) is 5.73 Å². The Labute approximate surface area is 67.2 Å². The number of nitrogens with zero attached hydrogens (tertiary/aromatic N) is 2. The minimum Gasteiger partial charge on any atom is -0.328 e. The minimum atomic E-state index is 0.309. The van der Waals surface area contributed by atoms with Crippen molar-refractivity contribution >= 4 is 0 Å². The molecule has 3 heteroatoms. The Balaban J connectivity index is 2.93. The van der Waals surface area contributed by atoms with Crippen molar-refractivity contribution in [2.45, 2.75) is 26.8 Å². The van der Waals surface area contributed by atoms with Gasteiger partial charge >= 0.3 is 0 Å². The molecule has 0 aliphatic carbocycles. The van der Waals surface area contributed by atoms with E-state index in [0.29, 0.717) is 12.6 Å². The molecule has 2 N–H and O–H groups in total. The second kappa shape index (κ2) is 3.05. The number of hydrogen-bond acceptors (Lipinski definition) is 2. The predicted molar refractivity (Wildman–Crippen MR) is 45.5 cm³/mol. The van der Waals surface area contributed by atoms with E-state index in [0.717, 1.165) is 5.69 Å². The fraction of sp³-hybridized carbons (Fsp3) is 0.625. The molecule has 0 spiro atoms. The second-order valence-corrected chi connectivity index (χ2v) is 2.96. The lowest BCUT2D eigenvalue weighted by Crippen LogP contribution is -2.18. The van der Waals surface area contributed by atoms with Crippen LogP contribution in [0.4, 0.5) is 0 Å². The SMILES string of the molecule is Cc1cc(C)n([C@H](C)CN)n1. The van der Waals surface area contributed by atoms with Gasteiger partial charge < -0.3 is 5.73 Å². The third kappa shape index (κ3) is 1.60. The van der Waals surface area contributed by atoms with Gasteiger partial charge in [-0.15, -0.1) is 0 Å². The van der Waals surface area contributed by atoms with E-state index in [4.69, 9.17) is 5.73 Å². The zero-order chi connectivity index (χ0) is 8.43. The molecule has 0 amide bonds. The maximum absolute atomic E-state index is 5.52. The van der Waals surface area contributed by atoms with Gasteiger partial charge in [0.05, 0.1) is 11.7 Å². The molecule has 0 unspecified atom stereocenters. The predicted octanol–water partition coefficient (Wildman–Crippen LogP) is 1.02. The van der Waals surface area contributed by atoms with E-state index in [2.05, 4.69) is 18.1 Å². The molecule has 0 aliphatic heterocycles. The second-order valence-electron chi connectivity index (χ2n) is 2.96. The van der Waals surface area contributed by atoms with Crippen LogP contribution in [0.15, 0.2) is 6.07 Å². The molecule has 0 fully saturated rings. The molecule has 1 heterocycles. The highest BCUT2D eigenvalue weighted by atomic mass is 15.3. The summed E-state index contributed by atoms with van der Waals surface area (Å²) in [5.74, 6) is 0. The molecular formula is C8H15N3. The molecule has 1 atom stereocenters. The normalized spacial score (nSPS) is 13.5. The van der Waals surface area contributed by atoms with E-state index in [9.17, 15) is 0 Å². The van der Waals surface area contributed by atoms with Gasteiger partial charge in [0.25, 0.3) is 0 Å². The Morgan fingerprint density at radius 2 is 2.27 bits per heavy atom. The van der Waals surface area contributed by atoms with E-state index >= 15 is 0 Å². The number of hydrogen-bond donors (Lipinski definition) is 1. The van der Waals surface area contributed by atoms with Gasteiger partial charge in [-0.3, -0.25) is 4.68 Å². The van der Waals surface area contributed by atoms with Crippen molar-refractivity contribution in [3.8, 4) is 0 Å². The Morgan fingerprint density at radius 1 is 1.64 bits per heavy atom. The van der Waals surface area contributed by atoms with Gasteiger partial charge in [-0.2, -0.15) is 5.10 Å².